The topological polar surface area (TPSA) is 86.7 Å². The van der Waals surface area contributed by atoms with Crippen molar-refractivity contribution in [3.63, 3.8) is 0 Å². The third-order valence-corrected chi connectivity index (χ3v) is 4.12. The lowest BCUT2D eigenvalue weighted by Gasteiger charge is -2.09. The summed E-state index contributed by atoms with van der Waals surface area (Å²) in [4.78, 5) is 0. The molecule has 0 fully saturated rings. The summed E-state index contributed by atoms with van der Waals surface area (Å²) in [5, 5.41) is 0. The van der Waals surface area contributed by atoms with Crippen LogP contribution in [-0.4, -0.2) is 53.9 Å². The van der Waals surface area contributed by atoms with E-state index in [0.29, 0.717) is 0 Å². The predicted octanol–water partition coefficient (Wildman–Crippen LogP) is 1.19. The van der Waals surface area contributed by atoms with Gasteiger partial charge in [0.25, 0.3) is 20.2 Å². The first-order valence-electron chi connectivity index (χ1n) is 5.00. The van der Waals surface area contributed by atoms with Crippen LogP contribution in [0, 0.1) is 0 Å². The lowest BCUT2D eigenvalue weighted by atomic mass is 10.6. The molecule has 0 spiro atoms. The second-order valence-electron chi connectivity index (χ2n) is 3.63. The van der Waals surface area contributed by atoms with Gasteiger partial charge in [-0.1, -0.05) is 0 Å². The molecule has 0 radical (unpaired) electrons. The van der Waals surface area contributed by atoms with E-state index in [1.165, 1.54) is 0 Å². The van der Waals surface area contributed by atoms with E-state index in [2.05, 4.69) is 8.37 Å². The molecule has 0 saturated heterocycles. The zero-order valence-electron chi connectivity index (χ0n) is 10.1. The lowest BCUT2D eigenvalue weighted by molar-refractivity contribution is -0.153. The Morgan fingerprint density at radius 2 is 0.952 bits per heavy atom. The highest BCUT2D eigenvalue weighted by molar-refractivity contribution is 7.87. The van der Waals surface area contributed by atoms with Crippen molar-refractivity contribution >= 4 is 20.2 Å². The van der Waals surface area contributed by atoms with Crippen LogP contribution in [0.4, 0.5) is 26.3 Å². The molecular weight excluding hydrogens is 358 g/mol. The molecule has 0 rings (SSSR count). The van der Waals surface area contributed by atoms with Gasteiger partial charge in [0.15, 0.2) is 13.2 Å². The molecule has 0 amide bonds. The molecule has 0 unspecified atom stereocenters. The van der Waals surface area contributed by atoms with Crippen molar-refractivity contribution in [2.24, 2.45) is 0 Å². The highest BCUT2D eigenvalue weighted by Gasteiger charge is 2.32. The van der Waals surface area contributed by atoms with Gasteiger partial charge in [-0.15, -0.1) is 0 Å². The Labute approximate surface area is 116 Å². The van der Waals surface area contributed by atoms with Crippen molar-refractivity contribution in [1.29, 1.82) is 0 Å². The summed E-state index contributed by atoms with van der Waals surface area (Å²) in [5.41, 5.74) is 0. The van der Waals surface area contributed by atoms with Crippen molar-refractivity contribution in [2.75, 3.05) is 24.7 Å². The van der Waals surface area contributed by atoms with Gasteiger partial charge in [0.05, 0.1) is 11.5 Å². The fourth-order valence-electron chi connectivity index (χ4n) is 0.844. The van der Waals surface area contributed by atoms with Gasteiger partial charge in [0.1, 0.15) is 0 Å². The van der Waals surface area contributed by atoms with Crippen LogP contribution in [0.15, 0.2) is 0 Å². The number of hydrogen-bond acceptors (Lipinski definition) is 6. The molecule has 0 atom stereocenters. The van der Waals surface area contributed by atoms with E-state index in [-0.39, 0.29) is 0 Å². The quantitative estimate of drug-likeness (QED) is 0.473. The molecule has 0 aromatic rings. The monoisotopic (exact) mass is 368 g/mol. The normalized spacial score (nSPS) is 14.4. The molecule has 0 heterocycles. The van der Waals surface area contributed by atoms with Crippen LogP contribution in [-0.2, 0) is 28.6 Å². The van der Waals surface area contributed by atoms with E-state index in [4.69, 9.17) is 0 Å². The Morgan fingerprint density at radius 1 is 0.667 bits per heavy atom. The van der Waals surface area contributed by atoms with Crippen LogP contribution in [0.5, 0.6) is 0 Å². The highest BCUT2D eigenvalue weighted by Crippen LogP contribution is 2.17. The van der Waals surface area contributed by atoms with E-state index < -0.39 is 63.7 Å². The maximum absolute atomic E-state index is 11.7. The number of alkyl halides is 6. The standard InChI is InChI=1S/C7H10F6O6S2/c8-6(9,10)4-18-20(14,15)2-1-3-21(16,17)19-5-7(11,12)13/h1-5H2. The third kappa shape index (κ3) is 12.8. The molecule has 0 aromatic carbocycles. The Balaban J connectivity index is 4.23. The second-order valence-corrected chi connectivity index (χ2v) is 7.15. The summed E-state index contributed by atoms with van der Waals surface area (Å²) >= 11 is 0. The Morgan fingerprint density at radius 3 is 1.19 bits per heavy atom. The Bertz CT molecular complexity index is 471. The maximum Gasteiger partial charge on any atom is 0.413 e. The summed E-state index contributed by atoms with van der Waals surface area (Å²) in [6, 6.07) is 0. The van der Waals surface area contributed by atoms with Crippen molar-refractivity contribution in [3.05, 3.63) is 0 Å². The van der Waals surface area contributed by atoms with Gasteiger partial charge < -0.3 is 0 Å². The minimum atomic E-state index is -4.89. The zero-order chi connectivity index (χ0) is 16.9. The van der Waals surface area contributed by atoms with E-state index in [1.54, 1.807) is 0 Å². The van der Waals surface area contributed by atoms with Crippen LogP contribution < -0.4 is 0 Å². The molecule has 0 bridgehead atoms. The SMILES string of the molecule is O=S(=O)(CCCS(=O)(=O)OCC(F)(F)F)OCC(F)(F)F. The molecule has 21 heavy (non-hydrogen) atoms. The van der Waals surface area contributed by atoms with Crippen molar-refractivity contribution < 1.29 is 51.5 Å². The summed E-state index contributed by atoms with van der Waals surface area (Å²) < 4.78 is 121. The van der Waals surface area contributed by atoms with Crippen LogP contribution in [0.1, 0.15) is 6.42 Å². The van der Waals surface area contributed by atoms with Gasteiger partial charge in [-0.25, -0.2) is 0 Å². The number of hydrogen-bond donors (Lipinski definition) is 0. The van der Waals surface area contributed by atoms with Gasteiger partial charge in [-0.05, 0) is 6.42 Å². The average molecular weight is 368 g/mol. The van der Waals surface area contributed by atoms with Gasteiger partial charge in [-0.2, -0.15) is 43.2 Å². The fraction of sp³-hybridized carbons (Fsp3) is 1.00. The minimum Gasteiger partial charge on any atom is -0.261 e. The van der Waals surface area contributed by atoms with Crippen molar-refractivity contribution in [3.8, 4) is 0 Å². The molecule has 0 saturated carbocycles. The molecule has 6 nitrogen and oxygen atoms in total. The van der Waals surface area contributed by atoms with Crippen LogP contribution in [0.3, 0.4) is 0 Å². The fourth-order valence-corrected chi connectivity index (χ4v) is 2.88. The summed E-state index contributed by atoms with van der Waals surface area (Å²) in [6.07, 6.45) is -10.6. The van der Waals surface area contributed by atoms with E-state index in [1.807, 2.05) is 0 Å². The van der Waals surface area contributed by atoms with E-state index in [9.17, 15) is 43.2 Å². The molecular formula is C7H10F6O6S2. The lowest BCUT2D eigenvalue weighted by Crippen LogP contribution is -2.24. The molecule has 0 aliphatic carbocycles. The molecule has 0 N–H and O–H groups in total. The van der Waals surface area contributed by atoms with Gasteiger partial charge in [-0.3, -0.25) is 8.37 Å². The van der Waals surface area contributed by atoms with E-state index >= 15 is 0 Å². The predicted molar refractivity (Wildman–Crippen MR) is 56.2 cm³/mol. The van der Waals surface area contributed by atoms with Crippen molar-refractivity contribution in [2.45, 2.75) is 18.8 Å². The largest absolute Gasteiger partial charge is 0.413 e. The second kappa shape index (κ2) is 7.11. The van der Waals surface area contributed by atoms with E-state index in [0.717, 1.165) is 0 Å². The molecule has 14 heteroatoms. The van der Waals surface area contributed by atoms with Gasteiger partial charge in [0, 0.05) is 0 Å². The van der Waals surface area contributed by atoms with Gasteiger partial charge >= 0.3 is 12.4 Å². The van der Waals surface area contributed by atoms with Crippen LogP contribution in [0.25, 0.3) is 0 Å². The molecule has 0 aromatic heterocycles. The first-order valence-corrected chi connectivity index (χ1v) is 8.15. The minimum absolute atomic E-state index is 0.777. The Kier molecular flexibility index (Phi) is 6.90. The number of rotatable bonds is 8. The summed E-state index contributed by atoms with van der Waals surface area (Å²) in [7, 11) is -9.29. The van der Waals surface area contributed by atoms with Crippen LogP contribution in [0.2, 0.25) is 0 Å². The molecule has 0 aliphatic heterocycles. The zero-order valence-corrected chi connectivity index (χ0v) is 11.7. The smallest absolute Gasteiger partial charge is 0.261 e. The van der Waals surface area contributed by atoms with Crippen LogP contribution >= 0.6 is 0 Å². The summed E-state index contributed by atoms with van der Waals surface area (Å²) in [5.74, 6) is -2.23. The average Bonchev–Trinajstić information content (AvgIpc) is 2.22. The number of halogens is 6. The third-order valence-electron chi connectivity index (χ3n) is 1.59. The first kappa shape index (κ1) is 20.4. The van der Waals surface area contributed by atoms with Gasteiger partial charge in [0.2, 0.25) is 0 Å². The summed E-state index contributed by atoms with van der Waals surface area (Å²) in [6.45, 7) is -4.15. The highest BCUT2D eigenvalue weighted by atomic mass is 32.2. The first-order chi connectivity index (χ1) is 9.12. The van der Waals surface area contributed by atoms with Crippen molar-refractivity contribution in [1.82, 2.24) is 0 Å². The maximum atomic E-state index is 11.7. The molecule has 0 aliphatic rings. The Hall–Kier alpha value is -0.600. The molecule has 128 valence electrons.